The number of hydrogen-bond donors (Lipinski definition) is 3. The molecule has 152 valence electrons. The lowest BCUT2D eigenvalue weighted by atomic mass is 9.94. The number of pyridine rings is 1. The highest BCUT2D eigenvalue weighted by molar-refractivity contribution is 5.96. The van der Waals surface area contributed by atoms with Crippen LogP contribution in [0.4, 0.5) is 0 Å². The molecule has 1 aliphatic rings. The predicted octanol–water partition coefficient (Wildman–Crippen LogP) is 2.80. The second-order valence-electron chi connectivity index (χ2n) is 7.49. The van der Waals surface area contributed by atoms with Gasteiger partial charge in [0, 0.05) is 23.2 Å². The summed E-state index contributed by atoms with van der Waals surface area (Å²) < 4.78 is 1.65. The largest absolute Gasteiger partial charge is 0.508 e. The minimum absolute atomic E-state index is 0.144. The van der Waals surface area contributed by atoms with Crippen LogP contribution in [-0.2, 0) is 0 Å². The highest BCUT2D eigenvalue weighted by Crippen LogP contribution is 2.40. The summed E-state index contributed by atoms with van der Waals surface area (Å²) in [7, 11) is 0. The van der Waals surface area contributed by atoms with E-state index >= 15 is 0 Å². The van der Waals surface area contributed by atoms with Gasteiger partial charge in [0.25, 0.3) is 5.91 Å². The van der Waals surface area contributed by atoms with E-state index in [1.54, 1.807) is 34.9 Å². The topological polar surface area (TPSA) is 106 Å². The number of benzene rings is 2. The molecule has 3 aromatic rings. The van der Waals surface area contributed by atoms with Gasteiger partial charge in [-0.2, -0.15) is 0 Å². The van der Waals surface area contributed by atoms with Crippen LogP contribution < -0.4 is 11.2 Å². The van der Waals surface area contributed by atoms with E-state index in [9.17, 15) is 19.8 Å². The quantitative estimate of drug-likeness (QED) is 0.586. The monoisotopic (exact) mass is 402 g/mol. The average Bonchev–Trinajstić information content (AvgIpc) is 3.27. The fourth-order valence-electron chi connectivity index (χ4n) is 4.24. The van der Waals surface area contributed by atoms with Crippen molar-refractivity contribution < 1.29 is 15.0 Å². The van der Waals surface area contributed by atoms with E-state index in [2.05, 4.69) is 11.8 Å². The number of carbonyl (C=O) groups excluding carboxylic acids is 1. The number of amides is 1. The van der Waals surface area contributed by atoms with Crippen LogP contribution in [0.1, 0.15) is 53.1 Å². The van der Waals surface area contributed by atoms with Crippen molar-refractivity contribution in [2.45, 2.75) is 31.6 Å². The number of aliphatic hydroxyl groups excluding tert-OH is 1. The van der Waals surface area contributed by atoms with Crippen LogP contribution in [0.3, 0.4) is 0 Å². The van der Waals surface area contributed by atoms with Crippen LogP contribution in [0.5, 0.6) is 5.75 Å². The molecule has 1 heterocycles. The molecule has 6 heteroatoms. The minimum Gasteiger partial charge on any atom is -0.508 e. The maximum Gasteiger partial charge on any atom is 0.254 e. The molecule has 4 N–H and O–H groups in total. The van der Waals surface area contributed by atoms with Crippen LogP contribution in [0, 0.1) is 11.8 Å². The Kier molecular flexibility index (Phi) is 5.30. The Bertz CT molecular complexity index is 1260. The molecule has 1 amide bonds. The van der Waals surface area contributed by atoms with E-state index in [1.165, 1.54) is 6.20 Å². The molecule has 0 unspecified atom stereocenters. The van der Waals surface area contributed by atoms with Crippen molar-refractivity contribution in [1.29, 1.82) is 0 Å². The molecule has 0 saturated heterocycles. The number of fused-ring (bicyclic) bond motifs is 1. The molecule has 1 saturated carbocycles. The zero-order valence-electron chi connectivity index (χ0n) is 16.4. The lowest BCUT2D eigenvalue weighted by molar-refractivity contribution is 0.0999. The van der Waals surface area contributed by atoms with Gasteiger partial charge in [0.05, 0.1) is 11.2 Å². The third-order valence-corrected chi connectivity index (χ3v) is 5.68. The SMILES string of the molecule is NC(=O)c1cn(-c2cc(O)c(C3CCCC3)cc2C#CCO)c2ccccc2c1=O. The number of nitrogens with two attached hydrogens (primary N) is 1. The van der Waals surface area contributed by atoms with E-state index < -0.39 is 11.3 Å². The van der Waals surface area contributed by atoms with Crippen molar-refractivity contribution in [3.63, 3.8) is 0 Å². The summed E-state index contributed by atoms with van der Waals surface area (Å²) in [5, 5.41) is 20.4. The highest BCUT2D eigenvalue weighted by Gasteiger charge is 2.23. The average molecular weight is 402 g/mol. The van der Waals surface area contributed by atoms with E-state index in [0.717, 1.165) is 31.2 Å². The lowest BCUT2D eigenvalue weighted by Crippen LogP contribution is -2.24. The molecule has 0 radical (unpaired) electrons. The first-order valence-electron chi connectivity index (χ1n) is 9.92. The Morgan fingerprint density at radius 1 is 1.20 bits per heavy atom. The number of phenolic OH excluding ortho intramolecular Hbond substituents is 1. The number of carbonyl (C=O) groups is 1. The van der Waals surface area contributed by atoms with E-state index in [-0.39, 0.29) is 23.8 Å². The molecule has 0 atom stereocenters. The van der Waals surface area contributed by atoms with Crippen LogP contribution in [-0.4, -0.2) is 27.3 Å². The number of nitrogens with zero attached hydrogens (tertiary/aromatic N) is 1. The number of aromatic nitrogens is 1. The van der Waals surface area contributed by atoms with Crippen LogP contribution in [0.15, 0.2) is 47.4 Å². The standard InChI is InChI=1S/C24H22N2O4/c25-24(30)19-14-26(20-10-4-3-9-17(20)23(19)29)21-13-22(28)18(15-6-1-2-7-15)12-16(21)8-5-11-27/h3-4,9-10,12-15,27-28H,1-2,6-7,11H2,(H2,25,30). The number of phenols is 1. The van der Waals surface area contributed by atoms with Gasteiger partial charge >= 0.3 is 0 Å². The third-order valence-electron chi connectivity index (χ3n) is 5.68. The predicted molar refractivity (Wildman–Crippen MR) is 115 cm³/mol. The van der Waals surface area contributed by atoms with Crippen molar-refractivity contribution in [3.05, 3.63) is 69.5 Å². The molecular formula is C24H22N2O4. The number of hydrogen-bond acceptors (Lipinski definition) is 4. The fourth-order valence-corrected chi connectivity index (χ4v) is 4.24. The molecular weight excluding hydrogens is 380 g/mol. The second kappa shape index (κ2) is 8.05. The van der Waals surface area contributed by atoms with E-state index in [1.807, 2.05) is 6.07 Å². The number of primary amides is 1. The Morgan fingerprint density at radius 2 is 1.93 bits per heavy atom. The van der Waals surface area contributed by atoms with Gasteiger partial charge in [0.2, 0.25) is 5.43 Å². The second-order valence-corrected chi connectivity index (χ2v) is 7.49. The molecule has 0 spiro atoms. The van der Waals surface area contributed by atoms with Gasteiger partial charge in [0.15, 0.2) is 0 Å². The van der Waals surface area contributed by atoms with Crippen molar-refractivity contribution in [3.8, 4) is 23.3 Å². The maximum atomic E-state index is 12.7. The molecule has 0 aliphatic heterocycles. The first kappa shape index (κ1) is 19.7. The molecule has 1 aromatic heterocycles. The zero-order valence-corrected chi connectivity index (χ0v) is 16.4. The van der Waals surface area contributed by atoms with Gasteiger partial charge < -0.3 is 20.5 Å². The van der Waals surface area contributed by atoms with Gasteiger partial charge in [-0.05, 0) is 42.5 Å². The molecule has 2 aromatic carbocycles. The highest BCUT2D eigenvalue weighted by atomic mass is 16.3. The van der Waals surface area contributed by atoms with Crippen molar-refractivity contribution in [2.24, 2.45) is 5.73 Å². The van der Waals surface area contributed by atoms with Crippen molar-refractivity contribution in [2.75, 3.05) is 6.61 Å². The molecule has 6 nitrogen and oxygen atoms in total. The van der Waals surface area contributed by atoms with Gasteiger partial charge in [-0.15, -0.1) is 0 Å². The lowest BCUT2D eigenvalue weighted by Gasteiger charge is -2.18. The summed E-state index contributed by atoms with van der Waals surface area (Å²) in [5.74, 6) is 5.21. The molecule has 1 aliphatic carbocycles. The number of aromatic hydroxyl groups is 1. The van der Waals surface area contributed by atoms with Gasteiger partial charge in [0.1, 0.15) is 17.9 Å². The fraction of sp³-hybridized carbons (Fsp3) is 0.250. The van der Waals surface area contributed by atoms with Crippen LogP contribution in [0.2, 0.25) is 0 Å². The smallest absolute Gasteiger partial charge is 0.254 e. The van der Waals surface area contributed by atoms with Crippen molar-refractivity contribution in [1.82, 2.24) is 4.57 Å². The summed E-state index contributed by atoms with van der Waals surface area (Å²) in [5.41, 5.74) is 7.35. The zero-order chi connectivity index (χ0) is 21.3. The van der Waals surface area contributed by atoms with Gasteiger partial charge in [-0.25, -0.2) is 0 Å². The molecule has 0 bridgehead atoms. The number of rotatable bonds is 3. The Balaban J connectivity index is 2.03. The third kappa shape index (κ3) is 3.44. The summed E-state index contributed by atoms with van der Waals surface area (Å²) in [4.78, 5) is 24.6. The normalized spacial score (nSPS) is 13.9. The summed E-state index contributed by atoms with van der Waals surface area (Å²) >= 11 is 0. The molecule has 4 rings (SSSR count). The van der Waals surface area contributed by atoms with Crippen LogP contribution >= 0.6 is 0 Å². The number of aliphatic hydroxyl groups is 1. The van der Waals surface area contributed by atoms with Crippen LogP contribution in [0.25, 0.3) is 16.6 Å². The van der Waals surface area contributed by atoms with Gasteiger partial charge in [-0.3, -0.25) is 9.59 Å². The Labute approximate surface area is 173 Å². The minimum atomic E-state index is -0.825. The molecule has 1 fully saturated rings. The van der Waals surface area contributed by atoms with Gasteiger partial charge in [-0.1, -0.05) is 36.8 Å². The molecule has 30 heavy (non-hydrogen) atoms. The van der Waals surface area contributed by atoms with E-state index in [0.29, 0.717) is 22.2 Å². The first-order chi connectivity index (χ1) is 14.5. The summed E-state index contributed by atoms with van der Waals surface area (Å²) in [6.07, 6.45) is 5.64. The summed E-state index contributed by atoms with van der Waals surface area (Å²) in [6.45, 7) is -0.309. The summed E-state index contributed by atoms with van der Waals surface area (Å²) in [6, 6.07) is 10.3. The first-order valence-corrected chi connectivity index (χ1v) is 9.92. The maximum absolute atomic E-state index is 12.7. The van der Waals surface area contributed by atoms with E-state index in [4.69, 9.17) is 5.73 Å². The Hall–Kier alpha value is -3.56. The van der Waals surface area contributed by atoms with Crippen molar-refractivity contribution >= 4 is 16.8 Å². The Morgan fingerprint density at radius 3 is 2.63 bits per heavy atom. The number of para-hydroxylation sites is 1.